The SMILES string of the molecule is CCN1C(=O)c2cccc3c(S(=O)(=O)Nc4ccc(CI)c(OC)c4)ccc1c23. The number of hydrogen-bond donors (Lipinski definition) is 1. The first-order chi connectivity index (χ1) is 13.9. The summed E-state index contributed by atoms with van der Waals surface area (Å²) in [7, 11) is -2.31. The third-order valence-electron chi connectivity index (χ3n) is 5.03. The van der Waals surface area contributed by atoms with E-state index in [1.165, 1.54) is 0 Å². The summed E-state index contributed by atoms with van der Waals surface area (Å²) in [5, 5.41) is 1.22. The van der Waals surface area contributed by atoms with Crippen molar-refractivity contribution < 1.29 is 17.9 Å². The Morgan fingerprint density at radius 3 is 2.62 bits per heavy atom. The largest absolute Gasteiger partial charge is 0.496 e. The Labute approximate surface area is 183 Å². The number of nitrogens with one attached hydrogen (secondary N) is 1. The lowest BCUT2D eigenvalue weighted by Crippen LogP contribution is -2.25. The Bertz CT molecular complexity index is 1240. The van der Waals surface area contributed by atoms with Crippen LogP contribution in [0.1, 0.15) is 22.8 Å². The standard InChI is InChI=1S/C21H19IN2O4S/c1-3-24-17-9-10-19(15-5-4-6-16(20(15)17)21(24)25)29(26,27)23-14-8-7-13(12-22)18(11-14)28-2/h4-11,23H,3,12H2,1-2H3. The lowest BCUT2D eigenvalue weighted by molar-refractivity contribution is 0.0994. The van der Waals surface area contributed by atoms with E-state index in [4.69, 9.17) is 4.74 Å². The number of anilines is 2. The molecule has 0 saturated carbocycles. The first-order valence-electron chi connectivity index (χ1n) is 9.04. The first kappa shape index (κ1) is 20.0. The molecule has 1 aliphatic rings. The zero-order valence-electron chi connectivity index (χ0n) is 15.9. The molecule has 4 rings (SSSR count). The predicted molar refractivity (Wildman–Crippen MR) is 123 cm³/mol. The number of nitrogens with zero attached hydrogens (tertiary/aromatic N) is 1. The van der Waals surface area contributed by atoms with E-state index >= 15 is 0 Å². The highest BCUT2D eigenvalue weighted by atomic mass is 127. The Morgan fingerprint density at radius 2 is 1.93 bits per heavy atom. The molecule has 150 valence electrons. The zero-order valence-corrected chi connectivity index (χ0v) is 18.9. The van der Waals surface area contributed by atoms with E-state index in [0.717, 1.165) is 15.7 Å². The van der Waals surface area contributed by atoms with Crippen molar-refractivity contribution in [3.05, 3.63) is 59.7 Å². The van der Waals surface area contributed by atoms with E-state index in [9.17, 15) is 13.2 Å². The van der Waals surface area contributed by atoms with Crippen molar-refractivity contribution in [1.29, 1.82) is 0 Å². The Morgan fingerprint density at radius 1 is 1.14 bits per heavy atom. The summed E-state index contributed by atoms with van der Waals surface area (Å²) < 4.78 is 35.1. The molecule has 29 heavy (non-hydrogen) atoms. The Balaban J connectivity index is 1.82. The molecule has 0 spiro atoms. The van der Waals surface area contributed by atoms with Crippen LogP contribution in [0.5, 0.6) is 5.75 Å². The van der Waals surface area contributed by atoms with Crippen LogP contribution in [-0.4, -0.2) is 28.0 Å². The van der Waals surface area contributed by atoms with E-state index in [-0.39, 0.29) is 10.8 Å². The normalized spacial score (nSPS) is 13.2. The van der Waals surface area contributed by atoms with Crippen LogP contribution in [-0.2, 0) is 14.5 Å². The highest BCUT2D eigenvalue weighted by Crippen LogP contribution is 2.40. The number of methoxy groups -OCH3 is 1. The fourth-order valence-corrected chi connectivity index (χ4v) is 5.58. The van der Waals surface area contributed by atoms with E-state index in [2.05, 4.69) is 27.3 Å². The zero-order chi connectivity index (χ0) is 20.8. The summed E-state index contributed by atoms with van der Waals surface area (Å²) in [5.74, 6) is 0.527. The minimum atomic E-state index is -3.87. The second kappa shape index (κ2) is 7.49. The van der Waals surface area contributed by atoms with Crippen LogP contribution in [0.3, 0.4) is 0 Å². The molecule has 0 saturated heterocycles. The molecule has 0 radical (unpaired) electrons. The number of amides is 1. The van der Waals surface area contributed by atoms with Crippen LogP contribution >= 0.6 is 22.6 Å². The van der Waals surface area contributed by atoms with Gasteiger partial charge in [-0.15, -0.1) is 0 Å². The second-order valence-electron chi connectivity index (χ2n) is 6.63. The van der Waals surface area contributed by atoms with Gasteiger partial charge < -0.3 is 9.64 Å². The maximum atomic E-state index is 13.2. The van der Waals surface area contributed by atoms with Gasteiger partial charge in [0.05, 0.1) is 23.4 Å². The highest BCUT2D eigenvalue weighted by molar-refractivity contribution is 14.1. The van der Waals surface area contributed by atoms with Crippen molar-refractivity contribution in [3.8, 4) is 5.75 Å². The maximum Gasteiger partial charge on any atom is 0.262 e. The molecule has 0 bridgehead atoms. The molecule has 1 amide bonds. The molecule has 0 aliphatic carbocycles. The third-order valence-corrected chi connectivity index (χ3v) is 7.30. The number of hydrogen-bond acceptors (Lipinski definition) is 4. The molecule has 8 heteroatoms. The number of carbonyl (C=O) groups excluding carboxylic acids is 1. The molecule has 0 unspecified atom stereocenters. The monoisotopic (exact) mass is 522 g/mol. The van der Waals surface area contributed by atoms with Crippen LogP contribution in [0, 0.1) is 0 Å². The fourth-order valence-electron chi connectivity index (χ4n) is 3.70. The van der Waals surface area contributed by atoms with Gasteiger partial charge in [0.25, 0.3) is 15.9 Å². The lowest BCUT2D eigenvalue weighted by Gasteiger charge is -2.16. The Hall–Kier alpha value is -2.33. The van der Waals surface area contributed by atoms with Crippen molar-refractivity contribution in [2.24, 2.45) is 0 Å². The number of alkyl halides is 1. The summed E-state index contributed by atoms with van der Waals surface area (Å²) in [6, 6.07) is 13.7. The molecule has 0 fully saturated rings. The van der Waals surface area contributed by atoms with Crippen LogP contribution in [0.4, 0.5) is 11.4 Å². The lowest BCUT2D eigenvalue weighted by atomic mass is 10.1. The van der Waals surface area contributed by atoms with Gasteiger partial charge in [0.15, 0.2) is 0 Å². The molecule has 1 N–H and O–H groups in total. The van der Waals surface area contributed by atoms with Gasteiger partial charge in [-0.25, -0.2) is 8.42 Å². The average molecular weight is 522 g/mol. The van der Waals surface area contributed by atoms with E-state index in [0.29, 0.717) is 34.3 Å². The van der Waals surface area contributed by atoms with Gasteiger partial charge in [-0.2, -0.15) is 0 Å². The van der Waals surface area contributed by atoms with Crippen LogP contribution in [0.2, 0.25) is 0 Å². The summed E-state index contributed by atoms with van der Waals surface area (Å²) in [4.78, 5) is 14.4. The molecule has 0 aromatic heterocycles. The molecule has 1 heterocycles. The molecule has 6 nitrogen and oxygen atoms in total. The van der Waals surface area contributed by atoms with Gasteiger partial charge in [0.2, 0.25) is 0 Å². The molecule has 1 aliphatic heterocycles. The fraction of sp³-hybridized carbons (Fsp3) is 0.190. The summed E-state index contributed by atoms with van der Waals surface area (Å²) >= 11 is 2.23. The molecular formula is C21H19IN2O4S. The van der Waals surface area contributed by atoms with E-state index in [1.807, 2.05) is 13.0 Å². The van der Waals surface area contributed by atoms with Crippen LogP contribution < -0.4 is 14.4 Å². The number of ether oxygens (including phenoxy) is 1. The number of rotatable bonds is 6. The topological polar surface area (TPSA) is 75.7 Å². The van der Waals surface area contributed by atoms with Crippen LogP contribution in [0.25, 0.3) is 10.8 Å². The van der Waals surface area contributed by atoms with E-state index < -0.39 is 10.0 Å². The van der Waals surface area contributed by atoms with Crippen molar-refractivity contribution in [3.63, 3.8) is 0 Å². The average Bonchev–Trinajstić information content (AvgIpc) is 3.00. The first-order valence-corrected chi connectivity index (χ1v) is 12.1. The van der Waals surface area contributed by atoms with E-state index in [1.54, 1.807) is 54.5 Å². The summed E-state index contributed by atoms with van der Waals surface area (Å²) in [6.07, 6.45) is 0. The van der Waals surface area contributed by atoms with Gasteiger partial charge >= 0.3 is 0 Å². The Kier molecular flexibility index (Phi) is 5.16. The molecule has 3 aromatic carbocycles. The van der Waals surface area contributed by atoms with Gasteiger partial charge in [0, 0.05) is 38.9 Å². The van der Waals surface area contributed by atoms with Crippen molar-refractivity contribution >= 4 is 60.7 Å². The summed E-state index contributed by atoms with van der Waals surface area (Å²) in [6.45, 7) is 2.42. The highest BCUT2D eigenvalue weighted by Gasteiger charge is 2.31. The summed E-state index contributed by atoms with van der Waals surface area (Å²) in [5.41, 5.74) is 2.68. The third kappa shape index (κ3) is 3.24. The van der Waals surface area contributed by atoms with Gasteiger partial charge in [-0.1, -0.05) is 40.8 Å². The maximum absolute atomic E-state index is 13.2. The van der Waals surface area contributed by atoms with Crippen molar-refractivity contribution in [2.45, 2.75) is 16.2 Å². The predicted octanol–water partition coefficient (Wildman–Crippen LogP) is 4.56. The second-order valence-corrected chi connectivity index (χ2v) is 9.04. The van der Waals surface area contributed by atoms with Crippen LogP contribution in [0.15, 0.2) is 53.4 Å². The van der Waals surface area contributed by atoms with Gasteiger partial charge in [-0.3, -0.25) is 9.52 Å². The van der Waals surface area contributed by atoms with Gasteiger partial charge in [-0.05, 0) is 31.2 Å². The quantitative estimate of drug-likeness (QED) is 0.381. The molecular weight excluding hydrogens is 503 g/mol. The number of benzene rings is 3. The smallest absolute Gasteiger partial charge is 0.262 e. The number of halogens is 1. The molecule has 0 atom stereocenters. The number of carbonyl (C=O) groups is 1. The van der Waals surface area contributed by atoms with Gasteiger partial charge in [0.1, 0.15) is 5.75 Å². The molecule has 3 aromatic rings. The number of sulfonamides is 1. The minimum Gasteiger partial charge on any atom is -0.496 e. The minimum absolute atomic E-state index is 0.102. The van der Waals surface area contributed by atoms with Crippen molar-refractivity contribution in [2.75, 3.05) is 23.3 Å². The van der Waals surface area contributed by atoms with Crippen molar-refractivity contribution in [1.82, 2.24) is 0 Å².